The van der Waals surface area contributed by atoms with Gasteiger partial charge in [-0.25, -0.2) is 0 Å². The van der Waals surface area contributed by atoms with Crippen LogP contribution in [-0.2, 0) is 13.1 Å². The third-order valence-electron chi connectivity index (χ3n) is 1.71. The van der Waals surface area contributed by atoms with Crippen LogP contribution >= 0.6 is 0 Å². The van der Waals surface area contributed by atoms with Crippen LogP contribution in [0.15, 0.2) is 29.5 Å². The fourth-order valence-electron chi connectivity index (χ4n) is 1.08. The van der Waals surface area contributed by atoms with Crippen molar-refractivity contribution in [2.75, 3.05) is 0 Å². The Labute approximate surface area is 73.8 Å². The minimum Gasteiger partial charge on any atom is -0.303 e. The van der Waals surface area contributed by atoms with E-state index in [1.54, 1.807) is 18.6 Å². The predicted molar refractivity (Wildman–Crippen MR) is 45.1 cm³/mol. The molecule has 0 bridgehead atoms. The summed E-state index contributed by atoms with van der Waals surface area (Å²) in [5.41, 5.74) is -0.0350. The number of aromatic amines is 1. The summed E-state index contributed by atoms with van der Waals surface area (Å²) in [5, 5.41) is 10.6. The number of H-pyrrole nitrogens is 1. The van der Waals surface area contributed by atoms with Crippen LogP contribution in [-0.4, -0.2) is 24.8 Å². The second-order valence-electron chi connectivity index (χ2n) is 2.58. The first-order valence-corrected chi connectivity index (χ1v) is 3.94. The van der Waals surface area contributed by atoms with Crippen molar-refractivity contribution < 1.29 is 0 Å². The fourth-order valence-corrected chi connectivity index (χ4v) is 1.08. The Balaban J connectivity index is 2.01. The summed E-state index contributed by atoms with van der Waals surface area (Å²) < 4.78 is 1.50. The molecule has 6 nitrogen and oxygen atoms in total. The predicted octanol–water partition coefficient (Wildman–Crippen LogP) is -0.532. The molecule has 2 aromatic heterocycles. The van der Waals surface area contributed by atoms with Crippen molar-refractivity contribution in [2.24, 2.45) is 0 Å². The summed E-state index contributed by atoms with van der Waals surface area (Å²) in [7, 11) is 0. The van der Waals surface area contributed by atoms with Crippen LogP contribution in [0.3, 0.4) is 0 Å². The van der Waals surface area contributed by atoms with Gasteiger partial charge in [-0.05, 0) is 0 Å². The van der Waals surface area contributed by atoms with Gasteiger partial charge in [0.05, 0.1) is 25.5 Å². The molecule has 2 heterocycles. The SMILES string of the molecule is O=c1cc[nH]n1CCn1nccn1. The number of hydrogen-bond acceptors (Lipinski definition) is 3. The molecule has 0 aliphatic heterocycles. The van der Waals surface area contributed by atoms with Crippen molar-refractivity contribution in [3.8, 4) is 0 Å². The van der Waals surface area contributed by atoms with Gasteiger partial charge in [-0.15, -0.1) is 0 Å². The van der Waals surface area contributed by atoms with Gasteiger partial charge in [-0.2, -0.15) is 15.0 Å². The first-order valence-electron chi connectivity index (χ1n) is 3.94. The van der Waals surface area contributed by atoms with E-state index in [2.05, 4.69) is 15.3 Å². The molecule has 0 spiro atoms. The molecule has 0 amide bonds. The van der Waals surface area contributed by atoms with Crippen LogP contribution in [0.5, 0.6) is 0 Å². The van der Waals surface area contributed by atoms with E-state index in [9.17, 15) is 4.79 Å². The highest BCUT2D eigenvalue weighted by Gasteiger charge is 1.96. The van der Waals surface area contributed by atoms with Gasteiger partial charge in [0, 0.05) is 12.3 Å². The van der Waals surface area contributed by atoms with Gasteiger partial charge in [0.25, 0.3) is 5.56 Å². The maximum atomic E-state index is 11.1. The average Bonchev–Trinajstić information content (AvgIpc) is 2.72. The van der Waals surface area contributed by atoms with Crippen LogP contribution in [0.1, 0.15) is 0 Å². The van der Waals surface area contributed by atoms with Crippen molar-refractivity contribution >= 4 is 0 Å². The minimum absolute atomic E-state index is 0.0350. The van der Waals surface area contributed by atoms with E-state index in [1.165, 1.54) is 15.5 Å². The van der Waals surface area contributed by atoms with Crippen molar-refractivity contribution in [1.29, 1.82) is 0 Å². The topological polar surface area (TPSA) is 68.5 Å². The third-order valence-corrected chi connectivity index (χ3v) is 1.71. The second kappa shape index (κ2) is 3.26. The lowest BCUT2D eigenvalue weighted by Crippen LogP contribution is -2.20. The summed E-state index contributed by atoms with van der Waals surface area (Å²) in [6.07, 6.45) is 4.83. The van der Waals surface area contributed by atoms with Gasteiger partial charge in [-0.1, -0.05) is 0 Å². The van der Waals surface area contributed by atoms with Crippen LogP contribution in [0.25, 0.3) is 0 Å². The molecule has 0 aromatic carbocycles. The van der Waals surface area contributed by atoms with Gasteiger partial charge in [0.2, 0.25) is 0 Å². The number of nitrogens with zero attached hydrogens (tertiary/aromatic N) is 4. The molecule has 0 radical (unpaired) electrons. The zero-order valence-corrected chi connectivity index (χ0v) is 6.92. The first kappa shape index (κ1) is 7.78. The second-order valence-corrected chi connectivity index (χ2v) is 2.58. The Kier molecular flexibility index (Phi) is 1.95. The molecular weight excluding hydrogens is 170 g/mol. The van der Waals surface area contributed by atoms with E-state index < -0.39 is 0 Å². The van der Waals surface area contributed by atoms with Crippen LogP contribution in [0.2, 0.25) is 0 Å². The molecule has 0 atom stereocenters. The summed E-state index contributed by atoms with van der Waals surface area (Å²) >= 11 is 0. The highest BCUT2D eigenvalue weighted by Crippen LogP contribution is 1.82. The number of aryl methyl sites for hydroxylation is 2. The van der Waals surface area contributed by atoms with E-state index in [0.29, 0.717) is 13.1 Å². The van der Waals surface area contributed by atoms with Crippen LogP contribution in [0, 0.1) is 0 Å². The van der Waals surface area contributed by atoms with Crippen molar-refractivity contribution in [3.05, 3.63) is 35.0 Å². The van der Waals surface area contributed by atoms with Crippen molar-refractivity contribution in [2.45, 2.75) is 13.1 Å². The lowest BCUT2D eigenvalue weighted by atomic mass is 10.6. The molecule has 2 aromatic rings. The Morgan fingerprint density at radius 1 is 1.31 bits per heavy atom. The van der Waals surface area contributed by atoms with E-state index in [4.69, 9.17) is 0 Å². The van der Waals surface area contributed by atoms with Gasteiger partial charge in [0.1, 0.15) is 0 Å². The fraction of sp³-hybridized carbons (Fsp3) is 0.286. The number of rotatable bonds is 3. The maximum absolute atomic E-state index is 11.1. The molecule has 2 rings (SSSR count). The monoisotopic (exact) mass is 179 g/mol. The molecule has 0 aliphatic rings. The molecule has 68 valence electrons. The summed E-state index contributed by atoms with van der Waals surface area (Å²) in [4.78, 5) is 12.6. The number of nitrogens with one attached hydrogen (secondary N) is 1. The van der Waals surface area contributed by atoms with Crippen LogP contribution < -0.4 is 5.56 Å². The van der Waals surface area contributed by atoms with Crippen molar-refractivity contribution in [1.82, 2.24) is 24.8 Å². The molecule has 0 fully saturated rings. The zero-order valence-electron chi connectivity index (χ0n) is 6.92. The molecule has 13 heavy (non-hydrogen) atoms. The molecule has 6 heteroatoms. The maximum Gasteiger partial charge on any atom is 0.266 e. The Hall–Kier alpha value is -1.85. The van der Waals surface area contributed by atoms with Gasteiger partial charge < -0.3 is 5.10 Å². The first-order chi connectivity index (χ1) is 6.36. The lowest BCUT2D eigenvalue weighted by molar-refractivity contribution is 0.451. The highest BCUT2D eigenvalue weighted by atomic mass is 16.1. The standard InChI is InChI=1S/C7H9N5O/c13-7-1-2-8-11(7)5-6-12-9-3-4-10-12/h1-4,8H,5-6H2. The normalized spacial score (nSPS) is 10.5. The van der Waals surface area contributed by atoms with Gasteiger partial charge in [0.15, 0.2) is 0 Å². The largest absolute Gasteiger partial charge is 0.303 e. The quantitative estimate of drug-likeness (QED) is 0.688. The third kappa shape index (κ3) is 1.66. The zero-order chi connectivity index (χ0) is 9.10. The smallest absolute Gasteiger partial charge is 0.266 e. The summed E-state index contributed by atoms with van der Waals surface area (Å²) in [5.74, 6) is 0. The minimum atomic E-state index is -0.0350. The van der Waals surface area contributed by atoms with E-state index in [1.807, 2.05) is 0 Å². The number of hydrogen-bond donors (Lipinski definition) is 1. The van der Waals surface area contributed by atoms with Crippen molar-refractivity contribution in [3.63, 3.8) is 0 Å². The van der Waals surface area contributed by atoms with E-state index in [0.717, 1.165) is 0 Å². The Morgan fingerprint density at radius 2 is 2.08 bits per heavy atom. The van der Waals surface area contributed by atoms with Crippen LogP contribution in [0.4, 0.5) is 0 Å². The van der Waals surface area contributed by atoms with Gasteiger partial charge in [-0.3, -0.25) is 9.48 Å². The average molecular weight is 179 g/mol. The molecular formula is C7H9N5O. The number of aromatic nitrogens is 5. The Bertz CT molecular complexity index is 412. The lowest BCUT2D eigenvalue weighted by Gasteiger charge is -1.99. The van der Waals surface area contributed by atoms with E-state index >= 15 is 0 Å². The molecule has 0 unspecified atom stereocenters. The van der Waals surface area contributed by atoms with E-state index in [-0.39, 0.29) is 5.56 Å². The molecule has 0 saturated carbocycles. The molecule has 1 N–H and O–H groups in total. The Morgan fingerprint density at radius 3 is 2.69 bits per heavy atom. The summed E-state index contributed by atoms with van der Waals surface area (Å²) in [6.45, 7) is 1.15. The highest BCUT2D eigenvalue weighted by molar-refractivity contribution is 4.79. The molecule has 0 saturated heterocycles. The summed E-state index contributed by atoms with van der Waals surface area (Å²) in [6, 6.07) is 1.48. The van der Waals surface area contributed by atoms with Gasteiger partial charge >= 0.3 is 0 Å². The molecule has 0 aliphatic carbocycles.